The van der Waals surface area contributed by atoms with Crippen LogP contribution in [0.3, 0.4) is 0 Å². The number of nitrogens with zero attached hydrogens (tertiary/aromatic N) is 1. The lowest BCUT2D eigenvalue weighted by atomic mass is 9.99. The van der Waals surface area contributed by atoms with Crippen molar-refractivity contribution in [3.63, 3.8) is 0 Å². The van der Waals surface area contributed by atoms with Crippen LogP contribution in [0.5, 0.6) is 0 Å². The second-order valence-corrected chi connectivity index (χ2v) is 5.01. The number of hydrogen-bond acceptors (Lipinski definition) is 2. The van der Waals surface area contributed by atoms with E-state index in [9.17, 15) is 0 Å². The van der Waals surface area contributed by atoms with E-state index in [1.54, 1.807) is 0 Å². The molecule has 2 aromatic carbocycles. The molecule has 2 aromatic rings. The predicted molar refractivity (Wildman–Crippen MR) is 81.3 cm³/mol. The summed E-state index contributed by atoms with van der Waals surface area (Å²) in [4.78, 5) is 2.19. The molecule has 0 unspecified atom stereocenters. The Kier molecular flexibility index (Phi) is 5.13. The van der Waals surface area contributed by atoms with Crippen LogP contribution in [-0.2, 0) is 0 Å². The van der Waals surface area contributed by atoms with Crippen molar-refractivity contribution in [1.82, 2.24) is 10.2 Å². The summed E-state index contributed by atoms with van der Waals surface area (Å²) in [6.45, 7) is 2.01. The van der Waals surface area contributed by atoms with Crippen LogP contribution in [0.15, 0.2) is 60.7 Å². The SMILES string of the molecule is CN(C)CCNC(c1ccccc1)c1ccccc1. The highest BCUT2D eigenvalue weighted by atomic mass is 15.1. The molecular formula is C17H22N2. The smallest absolute Gasteiger partial charge is 0.0577 e. The largest absolute Gasteiger partial charge is 0.308 e. The second-order valence-electron chi connectivity index (χ2n) is 5.01. The third-order valence-electron chi connectivity index (χ3n) is 3.17. The highest BCUT2D eigenvalue weighted by Crippen LogP contribution is 2.21. The average molecular weight is 254 g/mol. The van der Waals surface area contributed by atoms with Gasteiger partial charge in [0.15, 0.2) is 0 Å². The first-order valence-corrected chi connectivity index (χ1v) is 6.75. The van der Waals surface area contributed by atoms with Crippen molar-refractivity contribution in [2.45, 2.75) is 6.04 Å². The molecule has 0 aromatic heterocycles. The maximum atomic E-state index is 3.64. The third kappa shape index (κ3) is 4.19. The van der Waals surface area contributed by atoms with E-state index >= 15 is 0 Å². The maximum Gasteiger partial charge on any atom is 0.0577 e. The van der Waals surface area contributed by atoms with E-state index in [0.717, 1.165) is 13.1 Å². The summed E-state index contributed by atoms with van der Waals surface area (Å²) < 4.78 is 0. The summed E-state index contributed by atoms with van der Waals surface area (Å²) >= 11 is 0. The van der Waals surface area contributed by atoms with E-state index in [2.05, 4.69) is 85.0 Å². The van der Waals surface area contributed by atoms with Crippen LogP contribution in [0.1, 0.15) is 17.2 Å². The van der Waals surface area contributed by atoms with E-state index < -0.39 is 0 Å². The first-order chi connectivity index (χ1) is 9.27. The van der Waals surface area contributed by atoms with Gasteiger partial charge in [0.1, 0.15) is 0 Å². The van der Waals surface area contributed by atoms with Crippen molar-refractivity contribution in [2.24, 2.45) is 0 Å². The highest BCUT2D eigenvalue weighted by Gasteiger charge is 2.12. The van der Waals surface area contributed by atoms with Crippen molar-refractivity contribution >= 4 is 0 Å². The molecule has 0 spiro atoms. The summed E-state index contributed by atoms with van der Waals surface area (Å²) in [5.74, 6) is 0. The average Bonchev–Trinajstić information content (AvgIpc) is 2.45. The van der Waals surface area contributed by atoms with Gasteiger partial charge in [0, 0.05) is 13.1 Å². The molecule has 100 valence electrons. The van der Waals surface area contributed by atoms with Crippen molar-refractivity contribution in [3.8, 4) is 0 Å². The molecule has 0 saturated carbocycles. The Morgan fingerprint density at radius 3 is 1.74 bits per heavy atom. The minimum Gasteiger partial charge on any atom is -0.308 e. The summed E-state index contributed by atoms with van der Waals surface area (Å²) in [6.07, 6.45) is 0. The van der Waals surface area contributed by atoms with Gasteiger partial charge in [-0.25, -0.2) is 0 Å². The molecule has 2 nitrogen and oxygen atoms in total. The molecule has 19 heavy (non-hydrogen) atoms. The number of hydrogen-bond donors (Lipinski definition) is 1. The van der Waals surface area contributed by atoms with Crippen LogP contribution in [0.25, 0.3) is 0 Å². The standard InChI is InChI=1S/C17H22N2/c1-19(2)14-13-18-17(15-9-5-3-6-10-15)16-11-7-4-8-12-16/h3-12,17-18H,13-14H2,1-2H3. The van der Waals surface area contributed by atoms with Crippen molar-refractivity contribution in [3.05, 3.63) is 71.8 Å². The molecule has 0 amide bonds. The topological polar surface area (TPSA) is 15.3 Å². The summed E-state index contributed by atoms with van der Waals surface area (Å²) in [6, 6.07) is 21.5. The molecule has 0 radical (unpaired) electrons. The summed E-state index contributed by atoms with van der Waals surface area (Å²) in [5, 5.41) is 3.64. The molecule has 0 saturated heterocycles. The lowest BCUT2D eigenvalue weighted by Crippen LogP contribution is -2.30. The monoisotopic (exact) mass is 254 g/mol. The Bertz CT molecular complexity index is 426. The fourth-order valence-electron chi connectivity index (χ4n) is 2.15. The first kappa shape index (κ1) is 13.8. The van der Waals surface area contributed by atoms with Gasteiger partial charge in [-0.2, -0.15) is 0 Å². The molecule has 0 atom stereocenters. The van der Waals surface area contributed by atoms with Gasteiger partial charge in [-0.3, -0.25) is 0 Å². The van der Waals surface area contributed by atoms with Gasteiger partial charge in [-0.1, -0.05) is 60.7 Å². The molecule has 0 aliphatic rings. The van der Waals surface area contributed by atoms with Gasteiger partial charge in [0.2, 0.25) is 0 Å². The normalized spacial score (nSPS) is 11.2. The van der Waals surface area contributed by atoms with Crippen LogP contribution in [0.4, 0.5) is 0 Å². The van der Waals surface area contributed by atoms with Crippen LogP contribution < -0.4 is 5.32 Å². The molecule has 2 heteroatoms. The van der Waals surface area contributed by atoms with E-state index in [0.29, 0.717) is 0 Å². The van der Waals surface area contributed by atoms with Crippen LogP contribution in [0, 0.1) is 0 Å². The Hall–Kier alpha value is -1.64. The molecule has 2 rings (SSSR count). The minimum atomic E-state index is 0.266. The van der Waals surface area contributed by atoms with Gasteiger partial charge >= 0.3 is 0 Å². The highest BCUT2D eigenvalue weighted by molar-refractivity contribution is 5.31. The molecule has 1 N–H and O–H groups in total. The van der Waals surface area contributed by atoms with Gasteiger partial charge in [0.25, 0.3) is 0 Å². The lowest BCUT2D eigenvalue weighted by Gasteiger charge is -2.21. The Labute approximate surface area is 116 Å². The zero-order valence-electron chi connectivity index (χ0n) is 11.7. The number of nitrogens with one attached hydrogen (secondary N) is 1. The fourth-order valence-corrected chi connectivity index (χ4v) is 2.15. The number of rotatable bonds is 6. The van der Waals surface area contributed by atoms with Crippen LogP contribution in [0.2, 0.25) is 0 Å². The van der Waals surface area contributed by atoms with E-state index in [1.165, 1.54) is 11.1 Å². The Morgan fingerprint density at radius 2 is 1.32 bits per heavy atom. The van der Waals surface area contributed by atoms with E-state index in [1.807, 2.05) is 0 Å². The summed E-state index contributed by atoms with van der Waals surface area (Å²) in [5.41, 5.74) is 2.62. The molecular weight excluding hydrogens is 232 g/mol. The quantitative estimate of drug-likeness (QED) is 0.852. The maximum absolute atomic E-state index is 3.64. The zero-order valence-corrected chi connectivity index (χ0v) is 11.7. The predicted octanol–water partition coefficient (Wildman–Crippen LogP) is 2.93. The first-order valence-electron chi connectivity index (χ1n) is 6.75. The zero-order chi connectivity index (χ0) is 13.5. The molecule has 0 aliphatic carbocycles. The van der Waals surface area contributed by atoms with Crippen molar-refractivity contribution in [1.29, 1.82) is 0 Å². The minimum absolute atomic E-state index is 0.266. The number of likely N-dealkylation sites (N-methyl/N-ethyl adjacent to an activating group) is 1. The molecule has 0 bridgehead atoms. The molecule has 0 aliphatic heterocycles. The van der Waals surface area contributed by atoms with Crippen LogP contribution >= 0.6 is 0 Å². The fraction of sp³-hybridized carbons (Fsp3) is 0.294. The van der Waals surface area contributed by atoms with Gasteiger partial charge in [-0.15, -0.1) is 0 Å². The molecule has 0 heterocycles. The third-order valence-corrected chi connectivity index (χ3v) is 3.17. The van der Waals surface area contributed by atoms with Gasteiger partial charge in [-0.05, 0) is 25.2 Å². The van der Waals surface area contributed by atoms with Gasteiger partial charge in [0.05, 0.1) is 6.04 Å². The van der Waals surface area contributed by atoms with E-state index in [-0.39, 0.29) is 6.04 Å². The van der Waals surface area contributed by atoms with Crippen molar-refractivity contribution < 1.29 is 0 Å². The lowest BCUT2D eigenvalue weighted by molar-refractivity contribution is 0.392. The Balaban J connectivity index is 2.14. The number of benzene rings is 2. The van der Waals surface area contributed by atoms with Crippen LogP contribution in [-0.4, -0.2) is 32.1 Å². The van der Waals surface area contributed by atoms with Gasteiger partial charge < -0.3 is 10.2 Å². The van der Waals surface area contributed by atoms with Crippen molar-refractivity contribution in [2.75, 3.05) is 27.2 Å². The van der Waals surface area contributed by atoms with E-state index in [4.69, 9.17) is 0 Å². The molecule has 0 fully saturated rings. The second kappa shape index (κ2) is 7.07. The summed E-state index contributed by atoms with van der Waals surface area (Å²) in [7, 11) is 4.20. The Morgan fingerprint density at radius 1 is 0.842 bits per heavy atom.